The van der Waals surface area contributed by atoms with Crippen LogP contribution in [-0.2, 0) is 30.7 Å². The van der Waals surface area contributed by atoms with E-state index in [-0.39, 0.29) is 5.91 Å². The SMILES string of the molecule is C=CC(=O)N1CCN(c2nc(OCc3cccc(N)c3)nc3c2CC[C@H](N2CCc4ccccc42)C3)CC1. The Morgan fingerprint density at radius 1 is 1.05 bits per heavy atom. The summed E-state index contributed by atoms with van der Waals surface area (Å²) in [5.74, 6) is 0.929. The summed E-state index contributed by atoms with van der Waals surface area (Å²) in [6.45, 7) is 7.78. The van der Waals surface area contributed by atoms with E-state index in [0.29, 0.717) is 37.4 Å². The molecule has 2 aliphatic heterocycles. The number of nitrogens with zero attached hydrogens (tertiary/aromatic N) is 5. The number of piperazine rings is 1. The molecule has 1 amide bonds. The van der Waals surface area contributed by atoms with Gasteiger partial charge in [-0.15, -0.1) is 0 Å². The van der Waals surface area contributed by atoms with Crippen LogP contribution < -0.4 is 20.3 Å². The number of anilines is 3. The zero-order valence-electron chi connectivity index (χ0n) is 21.7. The second-order valence-electron chi connectivity index (χ2n) is 10.3. The molecule has 2 aromatic carbocycles. The highest BCUT2D eigenvalue weighted by Gasteiger charge is 2.33. The van der Waals surface area contributed by atoms with E-state index in [2.05, 4.69) is 40.6 Å². The molecule has 1 saturated heterocycles. The van der Waals surface area contributed by atoms with E-state index in [9.17, 15) is 4.79 Å². The van der Waals surface area contributed by atoms with Crippen molar-refractivity contribution < 1.29 is 9.53 Å². The average molecular weight is 511 g/mol. The van der Waals surface area contributed by atoms with Gasteiger partial charge in [-0.05, 0) is 54.7 Å². The molecule has 3 heterocycles. The molecule has 0 spiro atoms. The molecule has 0 bridgehead atoms. The van der Waals surface area contributed by atoms with Crippen molar-refractivity contribution in [1.82, 2.24) is 14.9 Å². The maximum atomic E-state index is 12.1. The van der Waals surface area contributed by atoms with Crippen LogP contribution in [0.3, 0.4) is 0 Å². The van der Waals surface area contributed by atoms with Gasteiger partial charge in [0.2, 0.25) is 5.91 Å². The molecule has 1 atom stereocenters. The quantitative estimate of drug-likeness (QED) is 0.402. The zero-order chi connectivity index (χ0) is 26.1. The van der Waals surface area contributed by atoms with Gasteiger partial charge < -0.3 is 25.2 Å². The summed E-state index contributed by atoms with van der Waals surface area (Å²) in [5.41, 5.74) is 12.7. The normalized spacial score (nSPS) is 18.6. The average Bonchev–Trinajstić information content (AvgIpc) is 3.39. The largest absolute Gasteiger partial charge is 0.459 e. The van der Waals surface area contributed by atoms with Crippen LogP contribution in [-0.4, -0.2) is 59.5 Å². The molecule has 196 valence electrons. The van der Waals surface area contributed by atoms with Crippen molar-refractivity contribution in [2.75, 3.05) is 48.3 Å². The first-order chi connectivity index (χ1) is 18.6. The number of aromatic nitrogens is 2. The van der Waals surface area contributed by atoms with Crippen LogP contribution in [0.25, 0.3) is 0 Å². The first-order valence-corrected chi connectivity index (χ1v) is 13.5. The van der Waals surface area contributed by atoms with E-state index in [1.54, 1.807) is 0 Å². The smallest absolute Gasteiger partial charge is 0.318 e. The van der Waals surface area contributed by atoms with Crippen molar-refractivity contribution in [2.24, 2.45) is 0 Å². The molecule has 0 radical (unpaired) electrons. The van der Waals surface area contributed by atoms with Crippen LogP contribution in [0.1, 0.15) is 28.8 Å². The highest BCUT2D eigenvalue weighted by atomic mass is 16.5. The first-order valence-electron chi connectivity index (χ1n) is 13.5. The minimum Gasteiger partial charge on any atom is -0.459 e. The fraction of sp³-hybridized carbons (Fsp3) is 0.367. The number of benzene rings is 2. The van der Waals surface area contributed by atoms with Gasteiger partial charge in [0.1, 0.15) is 12.4 Å². The van der Waals surface area contributed by atoms with Gasteiger partial charge in [-0.25, -0.2) is 0 Å². The summed E-state index contributed by atoms with van der Waals surface area (Å²) in [4.78, 5) is 28.7. The highest BCUT2D eigenvalue weighted by Crippen LogP contribution is 2.36. The van der Waals surface area contributed by atoms with Crippen LogP contribution in [0.2, 0.25) is 0 Å². The second kappa shape index (κ2) is 10.4. The Bertz CT molecular complexity index is 1350. The molecule has 0 saturated carbocycles. The number of ether oxygens (including phenoxy) is 1. The predicted octanol–water partition coefficient (Wildman–Crippen LogP) is 3.39. The van der Waals surface area contributed by atoms with E-state index in [1.165, 1.54) is 22.9 Å². The third kappa shape index (κ3) is 4.78. The Kier molecular flexibility index (Phi) is 6.62. The lowest BCUT2D eigenvalue weighted by molar-refractivity contribution is -0.126. The van der Waals surface area contributed by atoms with Crippen LogP contribution in [0, 0.1) is 0 Å². The Morgan fingerprint density at radius 2 is 1.89 bits per heavy atom. The minimum absolute atomic E-state index is 0.0192. The Balaban J connectivity index is 1.27. The lowest BCUT2D eigenvalue weighted by Gasteiger charge is -2.38. The number of hydrogen-bond acceptors (Lipinski definition) is 7. The molecule has 2 N–H and O–H groups in total. The molecule has 1 fully saturated rings. The highest BCUT2D eigenvalue weighted by molar-refractivity contribution is 5.87. The zero-order valence-corrected chi connectivity index (χ0v) is 21.7. The lowest BCUT2D eigenvalue weighted by atomic mass is 9.90. The Hall–Kier alpha value is -4.07. The number of nitrogen functional groups attached to an aromatic ring is 1. The van der Waals surface area contributed by atoms with E-state index in [4.69, 9.17) is 20.4 Å². The molecular formula is C30H34N6O2. The van der Waals surface area contributed by atoms with Crippen molar-refractivity contribution in [3.8, 4) is 6.01 Å². The van der Waals surface area contributed by atoms with Gasteiger partial charge in [-0.3, -0.25) is 4.79 Å². The number of amides is 1. The molecule has 38 heavy (non-hydrogen) atoms. The number of nitrogens with two attached hydrogens (primary N) is 1. The molecular weight excluding hydrogens is 476 g/mol. The summed E-state index contributed by atoms with van der Waals surface area (Å²) >= 11 is 0. The Labute approximate surface area is 223 Å². The molecule has 6 rings (SSSR count). The molecule has 1 aromatic heterocycles. The second-order valence-corrected chi connectivity index (χ2v) is 10.3. The topological polar surface area (TPSA) is 87.8 Å². The van der Waals surface area contributed by atoms with Crippen LogP contribution in [0.5, 0.6) is 6.01 Å². The maximum absolute atomic E-state index is 12.1. The molecule has 1 aliphatic carbocycles. The summed E-state index contributed by atoms with van der Waals surface area (Å²) in [5, 5.41) is 0. The van der Waals surface area contributed by atoms with Crippen molar-refractivity contribution in [1.29, 1.82) is 0 Å². The molecule has 3 aliphatic rings. The first kappa shape index (κ1) is 24.3. The number of rotatable bonds is 6. The van der Waals surface area contributed by atoms with E-state index >= 15 is 0 Å². The fourth-order valence-electron chi connectivity index (χ4n) is 5.99. The van der Waals surface area contributed by atoms with Gasteiger partial charge in [-0.2, -0.15) is 9.97 Å². The number of hydrogen-bond donors (Lipinski definition) is 1. The van der Waals surface area contributed by atoms with Gasteiger partial charge in [0.25, 0.3) is 0 Å². The summed E-state index contributed by atoms with van der Waals surface area (Å²) < 4.78 is 6.14. The third-order valence-electron chi connectivity index (χ3n) is 7.96. The van der Waals surface area contributed by atoms with E-state index < -0.39 is 0 Å². The van der Waals surface area contributed by atoms with Crippen LogP contribution in [0.4, 0.5) is 17.2 Å². The van der Waals surface area contributed by atoms with Crippen LogP contribution >= 0.6 is 0 Å². The van der Waals surface area contributed by atoms with Gasteiger partial charge in [-0.1, -0.05) is 36.9 Å². The van der Waals surface area contributed by atoms with Crippen molar-refractivity contribution in [2.45, 2.75) is 38.3 Å². The van der Waals surface area contributed by atoms with Gasteiger partial charge in [0, 0.05) is 62.1 Å². The minimum atomic E-state index is -0.0192. The maximum Gasteiger partial charge on any atom is 0.318 e. The predicted molar refractivity (Wildman–Crippen MR) is 150 cm³/mol. The fourth-order valence-corrected chi connectivity index (χ4v) is 5.99. The summed E-state index contributed by atoms with van der Waals surface area (Å²) in [6.07, 6.45) is 5.34. The summed E-state index contributed by atoms with van der Waals surface area (Å²) in [7, 11) is 0. The van der Waals surface area contributed by atoms with E-state index in [1.807, 2.05) is 29.2 Å². The van der Waals surface area contributed by atoms with Crippen molar-refractivity contribution in [3.05, 3.63) is 83.6 Å². The van der Waals surface area contributed by atoms with Gasteiger partial charge in [0.15, 0.2) is 0 Å². The van der Waals surface area contributed by atoms with E-state index in [0.717, 1.165) is 62.4 Å². The van der Waals surface area contributed by atoms with Crippen molar-refractivity contribution in [3.63, 3.8) is 0 Å². The number of para-hydroxylation sites is 1. The molecule has 8 heteroatoms. The summed E-state index contributed by atoms with van der Waals surface area (Å²) in [6, 6.07) is 17.2. The molecule has 8 nitrogen and oxygen atoms in total. The monoisotopic (exact) mass is 510 g/mol. The van der Waals surface area contributed by atoms with Gasteiger partial charge >= 0.3 is 6.01 Å². The third-order valence-corrected chi connectivity index (χ3v) is 7.96. The Morgan fingerprint density at radius 3 is 2.71 bits per heavy atom. The van der Waals surface area contributed by atoms with Gasteiger partial charge in [0.05, 0.1) is 5.69 Å². The number of fused-ring (bicyclic) bond motifs is 2. The molecule has 0 unspecified atom stereocenters. The number of carbonyl (C=O) groups excluding carboxylic acids is 1. The number of carbonyl (C=O) groups is 1. The molecule has 3 aromatic rings. The lowest BCUT2D eigenvalue weighted by Crippen LogP contribution is -2.49. The van der Waals surface area contributed by atoms with Crippen LogP contribution in [0.15, 0.2) is 61.2 Å². The standard InChI is InChI=1S/C30H34N6O2/c1-2-28(37)34-14-16-35(17-15-34)29-25-11-10-24(36-13-12-22-7-3-4-9-27(22)36)19-26(25)32-30(33-29)38-20-21-6-5-8-23(31)18-21/h2-9,18,24H,1,10-17,19-20,31H2/t24-/m0/s1. The van der Waals surface area contributed by atoms with Crippen molar-refractivity contribution >= 4 is 23.1 Å².